The van der Waals surface area contributed by atoms with Crippen molar-refractivity contribution in [3.8, 4) is 67.5 Å². The van der Waals surface area contributed by atoms with Gasteiger partial charge in [-0.05, 0) is 33.9 Å². The van der Waals surface area contributed by atoms with Crippen LogP contribution in [0.5, 0.6) is 0 Å². The van der Waals surface area contributed by atoms with Crippen molar-refractivity contribution in [3.05, 3.63) is 162 Å². The molecule has 8 rings (SSSR count). The van der Waals surface area contributed by atoms with Crippen molar-refractivity contribution < 1.29 is 0 Å². The van der Waals surface area contributed by atoms with Gasteiger partial charge in [0.2, 0.25) is 0 Å². The third-order valence-electron chi connectivity index (χ3n) is 8.88. The van der Waals surface area contributed by atoms with E-state index in [1.54, 1.807) is 9.13 Å². The third-order valence-corrected chi connectivity index (χ3v) is 8.88. The standard InChI is InChI=1S/C42H31N5O/c1-46-37-15-9-14-36(38(37)47(2)42(46)48)32-22-16-30(17-23-32)31-20-26-35(27-21-31)41-44-39(33-12-7-4-8-13-33)43-40(45-41)34-24-18-29(19-25-34)28-10-5-3-6-11-28/h3-27H,1-2H3. The first kappa shape index (κ1) is 29.0. The van der Waals surface area contributed by atoms with Gasteiger partial charge in [-0.3, -0.25) is 9.13 Å². The van der Waals surface area contributed by atoms with Crippen molar-refractivity contribution in [1.29, 1.82) is 0 Å². The van der Waals surface area contributed by atoms with Crippen LogP contribution < -0.4 is 5.69 Å². The quantitative estimate of drug-likeness (QED) is 0.186. The lowest BCUT2D eigenvalue weighted by Gasteiger charge is -2.10. The molecule has 0 aliphatic carbocycles. The van der Waals surface area contributed by atoms with Crippen LogP contribution in [0, 0.1) is 0 Å². The molecule has 2 aromatic heterocycles. The molecule has 0 aliphatic rings. The van der Waals surface area contributed by atoms with Crippen LogP contribution in [-0.2, 0) is 14.1 Å². The summed E-state index contributed by atoms with van der Waals surface area (Å²) in [7, 11) is 3.63. The van der Waals surface area contributed by atoms with Gasteiger partial charge in [-0.15, -0.1) is 0 Å². The molecular formula is C42H31N5O. The molecule has 0 amide bonds. The van der Waals surface area contributed by atoms with E-state index in [0.717, 1.165) is 55.5 Å². The maximum absolute atomic E-state index is 12.6. The Morgan fingerprint density at radius 2 is 0.750 bits per heavy atom. The van der Waals surface area contributed by atoms with Gasteiger partial charge in [-0.25, -0.2) is 19.7 Å². The molecule has 6 aromatic carbocycles. The highest BCUT2D eigenvalue weighted by Gasteiger charge is 2.15. The topological polar surface area (TPSA) is 65.6 Å². The van der Waals surface area contributed by atoms with E-state index in [1.807, 2.05) is 74.8 Å². The van der Waals surface area contributed by atoms with E-state index in [2.05, 4.69) is 91.0 Å². The fourth-order valence-corrected chi connectivity index (χ4v) is 6.26. The second-order valence-electron chi connectivity index (χ2n) is 11.8. The van der Waals surface area contributed by atoms with Crippen LogP contribution in [0.3, 0.4) is 0 Å². The highest BCUT2D eigenvalue weighted by molar-refractivity contribution is 5.93. The Bertz CT molecular complexity index is 2450. The summed E-state index contributed by atoms with van der Waals surface area (Å²) in [6.07, 6.45) is 0. The Hall–Kier alpha value is -6.40. The number of imidazole rings is 1. The van der Waals surface area contributed by atoms with Crippen LogP contribution in [0.4, 0.5) is 0 Å². The molecule has 230 valence electrons. The van der Waals surface area contributed by atoms with E-state index < -0.39 is 0 Å². The molecule has 6 heteroatoms. The first-order chi connectivity index (χ1) is 23.5. The molecule has 0 unspecified atom stereocenters. The molecular weight excluding hydrogens is 590 g/mol. The van der Waals surface area contributed by atoms with E-state index >= 15 is 0 Å². The van der Waals surface area contributed by atoms with Gasteiger partial charge in [0.25, 0.3) is 0 Å². The summed E-state index contributed by atoms with van der Waals surface area (Å²) < 4.78 is 3.40. The van der Waals surface area contributed by atoms with Gasteiger partial charge in [0.05, 0.1) is 11.0 Å². The molecule has 0 bridgehead atoms. The van der Waals surface area contributed by atoms with Crippen LogP contribution in [0.15, 0.2) is 156 Å². The van der Waals surface area contributed by atoms with Gasteiger partial charge >= 0.3 is 5.69 Å². The largest absolute Gasteiger partial charge is 0.328 e. The minimum atomic E-state index is -0.0312. The summed E-state index contributed by atoms with van der Waals surface area (Å²) in [5.74, 6) is 1.88. The summed E-state index contributed by atoms with van der Waals surface area (Å²) in [5, 5.41) is 0. The lowest BCUT2D eigenvalue weighted by atomic mass is 9.98. The predicted octanol–water partition coefficient (Wildman–Crippen LogP) is 9.06. The maximum atomic E-state index is 12.6. The SMILES string of the molecule is Cn1c(=O)n(C)c2c(-c3ccc(-c4ccc(-c5nc(-c6ccccc6)nc(-c6ccc(-c7ccccc7)cc6)n5)cc4)cc3)cccc21. The number of benzene rings is 6. The monoisotopic (exact) mass is 621 g/mol. The average molecular weight is 622 g/mol. The van der Waals surface area contributed by atoms with Crippen LogP contribution in [-0.4, -0.2) is 24.1 Å². The second kappa shape index (κ2) is 12.1. The third kappa shape index (κ3) is 5.29. The number of fused-ring (bicyclic) bond motifs is 1. The minimum Gasteiger partial charge on any atom is -0.295 e. The molecule has 0 spiro atoms. The van der Waals surface area contributed by atoms with E-state index in [0.29, 0.717) is 17.5 Å². The van der Waals surface area contributed by atoms with Crippen molar-refractivity contribution in [1.82, 2.24) is 24.1 Å². The smallest absolute Gasteiger partial charge is 0.295 e. The van der Waals surface area contributed by atoms with Gasteiger partial charge in [0, 0.05) is 36.3 Å². The second-order valence-corrected chi connectivity index (χ2v) is 11.8. The average Bonchev–Trinajstić information content (AvgIpc) is 3.39. The molecule has 48 heavy (non-hydrogen) atoms. The molecule has 0 aliphatic heterocycles. The normalized spacial score (nSPS) is 11.2. The zero-order valence-corrected chi connectivity index (χ0v) is 26.6. The Morgan fingerprint density at radius 3 is 1.23 bits per heavy atom. The van der Waals surface area contributed by atoms with Crippen LogP contribution in [0.25, 0.3) is 78.6 Å². The number of rotatable bonds is 6. The molecule has 0 saturated heterocycles. The number of para-hydroxylation sites is 1. The summed E-state index contributed by atoms with van der Waals surface area (Å²) in [6.45, 7) is 0. The van der Waals surface area contributed by atoms with Gasteiger partial charge in [0.15, 0.2) is 17.5 Å². The number of hydrogen-bond donors (Lipinski definition) is 0. The first-order valence-corrected chi connectivity index (χ1v) is 15.9. The van der Waals surface area contributed by atoms with Gasteiger partial charge in [-0.1, -0.05) is 146 Å². The molecule has 2 heterocycles. The molecule has 0 atom stereocenters. The summed E-state index contributed by atoms with van der Waals surface area (Å²) in [5.41, 5.74) is 11.2. The van der Waals surface area contributed by atoms with Crippen molar-refractivity contribution in [3.63, 3.8) is 0 Å². The highest BCUT2D eigenvalue weighted by Crippen LogP contribution is 2.32. The predicted molar refractivity (Wildman–Crippen MR) is 194 cm³/mol. The van der Waals surface area contributed by atoms with Crippen molar-refractivity contribution in [2.45, 2.75) is 0 Å². The lowest BCUT2D eigenvalue weighted by molar-refractivity contribution is 0.795. The molecule has 0 radical (unpaired) electrons. The Labute approximate surface area is 278 Å². The van der Waals surface area contributed by atoms with Gasteiger partial charge in [0.1, 0.15) is 0 Å². The summed E-state index contributed by atoms with van der Waals surface area (Å²) >= 11 is 0. The molecule has 0 saturated carbocycles. The van der Waals surface area contributed by atoms with Crippen LogP contribution >= 0.6 is 0 Å². The van der Waals surface area contributed by atoms with Crippen LogP contribution in [0.2, 0.25) is 0 Å². The summed E-state index contributed by atoms with van der Waals surface area (Å²) in [6, 6.07) is 51.6. The zero-order valence-electron chi connectivity index (χ0n) is 26.6. The number of nitrogens with zero attached hydrogens (tertiary/aromatic N) is 5. The summed E-state index contributed by atoms with van der Waals surface area (Å²) in [4.78, 5) is 27.3. The molecule has 0 fully saturated rings. The van der Waals surface area contributed by atoms with Gasteiger partial charge in [-0.2, -0.15) is 0 Å². The molecule has 6 nitrogen and oxygen atoms in total. The highest BCUT2D eigenvalue weighted by atomic mass is 16.1. The van der Waals surface area contributed by atoms with E-state index in [4.69, 9.17) is 15.0 Å². The zero-order chi connectivity index (χ0) is 32.6. The molecule has 8 aromatic rings. The first-order valence-electron chi connectivity index (χ1n) is 15.9. The lowest BCUT2D eigenvalue weighted by Crippen LogP contribution is -2.19. The van der Waals surface area contributed by atoms with E-state index in [-0.39, 0.29) is 5.69 Å². The van der Waals surface area contributed by atoms with Crippen molar-refractivity contribution in [2.75, 3.05) is 0 Å². The van der Waals surface area contributed by atoms with Crippen molar-refractivity contribution >= 4 is 11.0 Å². The number of hydrogen-bond acceptors (Lipinski definition) is 4. The fourth-order valence-electron chi connectivity index (χ4n) is 6.26. The van der Waals surface area contributed by atoms with E-state index in [9.17, 15) is 4.79 Å². The van der Waals surface area contributed by atoms with Gasteiger partial charge < -0.3 is 0 Å². The number of aromatic nitrogens is 5. The van der Waals surface area contributed by atoms with Crippen LogP contribution in [0.1, 0.15) is 0 Å². The Balaban J connectivity index is 1.12. The Morgan fingerprint density at radius 1 is 0.375 bits per heavy atom. The molecule has 0 N–H and O–H groups in total. The van der Waals surface area contributed by atoms with E-state index in [1.165, 1.54) is 5.56 Å². The number of aryl methyl sites for hydroxylation is 2. The Kier molecular flexibility index (Phi) is 7.31. The maximum Gasteiger partial charge on any atom is 0.328 e. The fraction of sp³-hybridized carbons (Fsp3) is 0.0476. The van der Waals surface area contributed by atoms with Crippen molar-refractivity contribution in [2.24, 2.45) is 14.1 Å². The minimum absolute atomic E-state index is 0.0312.